The van der Waals surface area contributed by atoms with Crippen LogP contribution in [0.5, 0.6) is 5.75 Å². The molecule has 2 aromatic rings. The SMILES string of the molecule is CC(C)(C)OC(=O)Cc1ccc2c(c1)N(S(=O)(=O)c1ccc(F)c(Cl)c1)C[C@H](CC(=O)O)O2. The molecule has 0 amide bonds. The van der Waals surface area contributed by atoms with Crippen LogP contribution in [0.25, 0.3) is 0 Å². The maximum Gasteiger partial charge on any atom is 0.310 e. The summed E-state index contributed by atoms with van der Waals surface area (Å²) in [6.07, 6.45) is -1.51. The Morgan fingerprint density at radius 1 is 1.24 bits per heavy atom. The fourth-order valence-corrected chi connectivity index (χ4v) is 5.08. The van der Waals surface area contributed by atoms with E-state index < -0.39 is 45.9 Å². The third kappa shape index (κ3) is 5.94. The lowest BCUT2D eigenvalue weighted by atomic mass is 10.1. The van der Waals surface area contributed by atoms with Crippen LogP contribution in [0.3, 0.4) is 0 Å². The van der Waals surface area contributed by atoms with Gasteiger partial charge in [0, 0.05) is 0 Å². The highest BCUT2D eigenvalue weighted by molar-refractivity contribution is 7.92. The molecule has 0 aliphatic carbocycles. The molecular weight excluding hydrogens is 477 g/mol. The van der Waals surface area contributed by atoms with Crippen LogP contribution in [-0.4, -0.2) is 43.7 Å². The molecule has 1 heterocycles. The van der Waals surface area contributed by atoms with E-state index in [1.165, 1.54) is 12.1 Å². The number of carbonyl (C=O) groups excluding carboxylic acids is 1. The van der Waals surface area contributed by atoms with Gasteiger partial charge in [-0.3, -0.25) is 13.9 Å². The van der Waals surface area contributed by atoms with E-state index in [0.29, 0.717) is 5.56 Å². The number of anilines is 1. The minimum Gasteiger partial charge on any atom is -0.486 e. The first kappa shape index (κ1) is 24.8. The van der Waals surface area contributed by atoms with Crippen LogP contribution in [0.4, 0.5) is 10.1 Å². The van der Waals surface area contributed by atoms with Crippen LogP contribution in [0.1, 0.15) is 32.8 Å². The molecule has 0 aromatic heterocycles. The molecule has 0 unspecified atom stereocenters. The average Bonchev–Trinajstić information content (AvgIpc) is 2.67. The molecule has 11 heteroatoms. The number of hydrogen-bond acceptors (Lipinski definition) is 6. The van der Waals surface area contributed by atoms with Gasteiger partial charge in [-0.05, 0) is 56.7 Å². The van der Waals surface area contributed by atoms with Crippen LogP contribution in [-0.2, 0) is 30.8 Å². The molecule has 0 fully saturated rings. The van der Waals surface area contributed by atoms with Crippen molar-refractivity contribution in [1.29, 1.82) is 0 Å². The zero-order chi connectivity index (χ0) is 24.6. The number of ether oxygens (including phenoxy) is 2. The molecule has 33 heavy (non-hydrogen) atoms. The summed E-state index contributed by atoms with van der Waals surface area (Å²) < 4.78 is 52.4. The first-order chi connectivity index (χ1) is 15.3. The number of rotatable bonds is 6. The molecule has 1 N–H and O–H groups in total. The Hall–Kier alpha value is -2.85. The van der Waals surface area contributed by atoms with Gasteiger partial charge in [0.2, 0.25) is 0 Å². The number of aliphatic carboxylic acids is 1. The van der Waals surface area contributed by atoms with E-state index in [2.05, 4.69) is 0 Å². The number of halogens is 2. The molecule has 0 saturated carbocycles. The van der Waals surface area contributed by atoms with Crippen molar-refractivity contribution in [2.75, 3.05) is 10.8 Å². The number of benzene rings is 2. The quantitative estimate of drug-likeness (QED) is 0.602. The van der Waals surface area contributed by atoms with Gasteiger partial charge in [-0.1, -0.05) is 17.7 Å². The van der Waals surface area contributed by atoms with Crippen molar-refractivity contribution in [3.8, 4) is 5.75 Å². The number of carboxylic acids is 1. The summed E-state index contributed by atoms with van der Waals surface area (Å²) in [4.78, 5) is 23.2. The lowest BCUT2D eigenvalue weighted by Crippen LogP contribution is -2.44. The monoisotopic (exact) mass is 499 g/mol. The van der Waals surface area contributed by atoms with Crippen LogP contribution >= 0.6 is 11.6 Å². The highest BCUT2D eigenvalue weighted by atomic mass is 35.5. The second-order valence-corrected chi connectivity index (χ2v) is 10.8. The Bertz CT molecular complexity index is 1190. The van der Waals surface area contributed by atoms with E-state index in [-0.39, 0.29) is 34.3 Å². The predicted octanol–water partition coefficient (Wildman–Crippen LogP) is 3.79. The number of fused-ring (bicyclic) bond motifs is 1. The van der Waals surface area contributed by atoms with Crippen molar-refractivity contribution in [3.63, 3.8) is 0 Å². The van der Waals surface area contributed by atoms with Crippen LogP contribution < -0.4 is 9.04 Å². The molecule has 1 aliphatic rings. The van der Waals surface area contributed by atoms with Crippen molar-refractivity contribution in [3.05, 3.63) is 52.8 Å². The van der Waals surface area contributed by atoms with E-state index in [4.69, 9.17) is 26.2 Å². The first-order valence-corrected chi connectivity index (χ1v) is 11.8. The lowest BCUT2D eigenvalue weighted by molar-refractivity contribution is -0.154. The predicted molar refractivity (Wildman–Crippen MR) is 119 cm³/mol. The number of carbonyl (C=O) groups is 2. The van der Waals surface area contributed by atoms with E-state index in [0.717, 1.165) is 22.5 Å². The van der Waals surface area contributed by atoms with Gasteiger partial charge in [-0.15, -0.1) is 0 Å². The Morgan fingerprint density at radius 3 is 2.55 bits per heavy atom. The van der Waals surface area contributed by atoms with Gasteiger partial charge in [-0.2, -0.15) is 0 Å². The second kappa shape index (κ2) is 9.18. The standard InChI is InChI=1S/C22H23ClFNO7S/c1-22(2,3)32-21(28)9-13-4-7-19-18(8-13)25(12-14(31-19)10-20(26)27)33(29,30)15-5-6-17(24)16(23)11-15/h4-8,11,14H,9-10,12H2,1-3H3,(H,26,27)/t14-/m0/s1. The van der Waals surface area contributed by atoms with Crippen molar-refractivity contribution in [2.45, 2.75) is 50.2 Å². The number of carboxylic acid groups (broad SMARTS) is 1. The van der Waals surface area contributed by atoms with Crippen molar-refractivity contribution in [1.82, 2.24) is 0 Å². The topological polar surface area (TPSA) is 110 Å². The molecule has 1 atom stereocenters. The maximum atomic E-state index is 13.6. The molecular formula is C22H23ClFNO7S. The molecule has 1 aliphatic heterocycles. The molecule has 8 nitrogen and oxygen atoms in total. The molecule has 0 saturated heterocycles. The van der Waals surface area contributed by atoms with Crippen LogP contribution in [0.15, 0.2) is 41.3 Å². The smallest absolute Gasteiger partial charge is 0.310 e. The van der Waals surface area contributed by atoms with Gasteiger partial charge in [0.1, 0.15) is 23.3 Å². The van der Waals surface area contributed by atoms with Crippen molar-refractivity contribution in [2.24, 2.45) is 0 Å². The molecule has 2 aromatic carbocycles. The molecule has 0 bridgehead atoms. The van der Waals surface area contributed by atoms with Gasteiger partial charge < -0.3 is 14.6 Å². The summed E-state index contributed by atoms with van der Waals surface area (Å²) in [5.74, 6) is -2.30. The number of nitrogens with zero attached hydrogens (tertiary/aromatic N) is 1. The number of sulfonamides is 1. The Morgan fingerprint density at radius 2 is 1.94 bits per heavy atom. The summed E-state index contributed by atoms with van der Waals surface area (Å²) in [5, 5.41) is 8.79. The zero-order valence-electron chi connectivity index (χ0n) is 18.2. The van der Waals surface area contributed by atoms with E-state index in [9.17, 15) is 22.4 Å². The molecule has 3 rings (SSSR count). The normalized spacial score (nSPS) is 16.0. The Kier molecular flexibility index (Phi) is 6.90. The maximum absolute atomic E-state index is 13.6. The third-order valence-electron chi connectivity index (χ3n) is 4.60. The van der Waals surface area contributed by atoms with Gasteiger partial charge in [0.25, 0.3) is 10.0 Å². The first-order valence-electron chi connectivity index (χ1n) is 9.97. The summed E-state index contributed by atoms with van der Waals surface area (Å²) in [5.41, 5.74) is -0.0888. The fraction of sp³-hybridized carbons (Fsp3) is 0.364. The second-order valence-electron chi connectivity index (χ2n) is 8.52. The van der Waals surface area contributed by atoms with E-state index >= 15 is 0 Å². The minimum absolute atomic E-state index is 0.112. The number of hydrogen-bond donors (Lipinski definition) is 1. The zero-order valence-corrected chi connectivity index (χ0v) is 19.7. The third-order valence-corrected chi connectivity index (χ3v) is 6.67. The summed E-state index contributed by atoms with van der Waals surface area (Å²) in [7, 11) is -4.26. The Balaban J connectivity index is 2.02. The fourth-order valence-electron chi connectivity index (χ4n) is 3.30. The van der Waals surface area contributed by atoms with Crippen LogP contribution in [0.2, 0.25) is 5.02 Å². The highest BCUT2D eigenvalue weighted by Gasteiger charge is 2.36. The average molecular weight is 500 g/mol. The summed E-state index contributed by atoms with van der Waals surface area (Å²) in [6.45, 7) is 4.90. The van der Waals surface area contributed by atoms with Gasteiger partial charge in [0.05, 0.1) is 35.0 Å². The van der Waals surface area contributed by atoms with Gasteiger partial charge >= 0.3 is 11.9 Å². The van der Waals surface area contributed by atoms with Gasteiger partial charge in [-0.25, -0.2) is 12.8 Å². The largest absolute Gasteiger partial charge is 0.486 e. The Labute approximate surface area is 195 Å². The summed E-state index contributed by atoms with van der Waals surface area (Å²) in [6, 6.07) is 7.51. The molecule has 0 radical (unpaired) electrons. The summed E-state index contributed by atoms with van der Waals surface area (Å²) >= 11 is 5.78. The van der Waals surface area contributed by atoms with Crippen molar-refractivity contribution < 1.29 is 37.0 Å². The van der Waals surface area contributed by atoms with E-state index in [1.807, 2.05) is 0 Å². The van der Waals surface area contributed by atoms with Gasteiger partial charge in [0.15, 0.2) is 0 Å². The molecule has 0 spiro atoms. The van der Waals surface area contributed by atoms with E-state index in [1.54, 1.807) is 26.8 Å². The number of esters is 1. The van der Waals surface area contributed by atoms with Crippen LogP contribution in [0, 0.1) is 5.82 Å². The lowest BCUT2D eigenvalue weighted by Gasteiger charge is -2.35. The highest BCUT2D eigenvalue weighted by Crippen LogP contribution is 2.39. The minimum atomic E-state index is -4.26. The molecule has 178 valence electrons. The van der Waals surface area contributed by atoms with Crippen molar-refractivity contribution >= 4 is 39.3 Å².